The number of aliphatic hydroxyl groups is 2. The smallest absolute Gasteiger partial charge is 0.333 e. The maximum absolute atomic E-state index is 11.8. The van der Waals surface area contributed by atoms with E-state index in [9.17, 15) is 24.6 Å². The molecule has 0 spiro atoms. The van der Waals surface area contributed by atoms with Gasteiger partial charge in [0.25, 0.3) is 0 Å². The van der Waals surface area contributed by atoms with Crippen LogP contribution in [-0.2, 0) is 28.6 Å². The maximum atomic E-state index is 11.8. The number of hydrogen-bond donors (Lipinski definition) is 2. The molecule has 0 aromatic carbocycles. The second-order valence-electron chi connectivity index (χ2n) is 5.85. The molecule has 0 aliphatic heterocycles. The van der Waals surface area contributed by atoms with Crippen molar-refractivity contribution >= 4 is 17.9 Å². The Labute approximate surface area is 146 Å². The van der Waals surface area contributed by atoms with Crippen LogP contribution in [0, 0.1) is 5.41 Å². The minimum atomic E-state index is -2.52. The maximum Gasteiger partial charge on any atom is 0.333 e. The largest absolute Gasteiger partial charge is 0.451 e. The Morgan fingerprint density at radius 3 is 1.52 bits per heavy atom. The minimum Gasteiger partial charge on any atom is -0.451 e. The normalized spacial score (nSPS) is 13.2. The molecule has 25 heavy (non-hydrogen) atoms. The molecule has 0 aromatic rings. The van der Waals surface area contributed by atoms with Gasteiger partial charge in [0.2, 0.25) is 0 Å². The molecule has 140 valence electrons. The first-order chi connectivity index (χ1) is 11.3. The number of ether oxygens (including phenoxy) is 3. The van der Waals surface area contributed by atoms with Gasteiger partial charge in [-0.2, -0.15) is 0 Å². The van der Waals surface area contributed by atoms with Crippen LogP contribution in [0.25, 0.3) is 0 Å². The summed E-state index contributed by atoms with van der Waals surface area (Å²) in [7, 11) is 0. The highest BCUT2D eigenvalue weighted by Crippen LogP contribution is 2.46. The molecule has 0 amide bonds. The van der Waals surface area contributed by atoms with E-state index in [4.69, 9.17) is 14.2 Å². The van der Waals surface area contributed by atoms with E-state index in [1.165, 1.54) is 20.8 Å². The average molecular weight is 356 g/mol. The molecule has 0 heterocycles. The van der Waals surface area contributed by atoms with Gasteiger partial charge in [-0.05, 0) is 27.7 Å². The van der Waals surface area contributed by atoms with E-state index in [2.05, 4.69) is 19.7 Å². The Balaban J connectivity index is 6.49. The highest BCUT2D eigenvalue weighted by atomic mass is 16.8. The summed E-state index contributed by atoms with van der Waals surface area (Å²) in [4.78, 5) is 35.3. The van der Waals surface area contributed by atoms with Crippen molar-refractivity contribution in [2.24, 2.45) is 5.41 Å². The topological polar surface area (TPSA) is 119 Å². The molecule has 1 atom stereocenters. The molecule has 0 fully saturated rings. The molecule has 0 radical (unpaired) electrons. The Hall–Kier alpha value is -2.45. The molecule has 2 N–H and O–H groups in total. The first-order valence-corrected chi connectivity index (χ1v) is 7.27. The summed E-state index contributed by atoms with van der Waals surface area (Å²) < 4.78 is 15.4. The van der Waals surface area contributed by atoms with Crippen LogP contribution in [0.1, 0.15) is 27.7 Å². The van der Waals surface area contributed by atoms with Gasteiger partial charge in [0.15, 0.2) is 11.9 Å². The van der Waals surface area contributed by atoms with Crippen LogP contribution in [0.4, 0.5) is 0 Å². The lowest BCUT2D eigenvalue weighted by Gasteiger charge is -2.50. The van der Waals surface area contributed by atoms with Crippen molar-refractivity contribution in [3.63, 3.8) is 0 Å². The predicted molar refractivity (Wildman–Crippen MR) is 87.7 cm³/mol. The molecule has 0 aliphatic rings. The fraction of sp³-hybridized carbons (Fsp3) is 0.471. The van der Waals surface area contributed by atoms with Crippen LogP contribution in [0.5, 0.6) is 0 Å². The Morgan fingerprint density at radius 2 is 1.24 bits per heavy atom. The Bertz CT molecular complexity index is 546. The lowest BCUT2D eigenvalue weighted by molar-refractivity contribution is -0.360. The predicted octanol–water partition coefficient (Wildman–Crippen LogP) is 0.986. The molecule has 0 aliphatic carbocycles. The second-order valence-corrected chi connectivity index (χ2v) is 5.85. The van der Waals surface area contributed by atoms with Crippen LogP contribution in [0.2, 0.25) is 0 Å². The summed E-state index contributed by atoms with van der Waals surface area (Å²) in [5.41, 5.74) is -1.86. The van der Waals surface area contributed by atoms with Crippen molar-refractivity contribution in [2.45, 2.75) is 45.4 Å². The van der Waals surface area contributed by atoms with E-state index in [0.717, 1.165) is 25.2 Å². The van der Waals surface area contributed by atoms with Crippen molar-refractivity contribution in [1.82, 2.24) is 0 Å². The third kappa shape index (κ3) is 4.77. The first kappa shape index (κ1) is 22.6. The molecule has 0 rings (SSSR count). The highest BCUT2D eigenvalue weighted by molar-refractivity contribution is 5.84. The molecule has 0 bridgehead atoms. The summed E-state index contributed by atoms with van der Waals surface area (Å²) in [6.07, 6.45) is 0.955. The van der Waals surface area contributed by atoms with Gasteiger partial charge in [-0.1, -0.05) is 19.7 Å². The third-order valence-electron chi connectivity index (χ3n) is 3.89. The molecule has 8 heteroatoms. The summed E-state index contributed by atoms with van der Waals surface area (Å²) in [6, 6.07) is 0. The zero-order valence-corrected chi connectivity index (χ0v) is 14.8. The lowest BCUT2D eigenvalue weighted by atomic mass is 9.73. The summed E-state index contributed by atoms with van der Waals surface area (Å²) in [6.45, 7) is 14.5. The van der Waals surface area contributed by atoms with Crippen LogP contribution < -0.4 is 0 Å². The average Bonchev–Trinajstić information content (AvgIpc) is 2.51. The van der Waals surface area contributed by atoms with Crippen LogP contribution in [-0.4, -0.2) is 45.8 Å². The van der Waals surface area contributed by atoms with Crippen LogP contribution >= 0.6 is 0 Å². The van der Waals surface area contributed by atoms with E-state index in [1.54, 1.807) is 0 Å². The Morgan fingerprint density at radius 1 is 0.880 bits per heavy atom. The van der Waals surface area contributed by atoms with Gasteiger partial charge >= 0.3 is 23.7 Å². The highest BCUT2D eigenvalue weighted by Gasteiger charge is 2.64. The molecule has 0 aromatic heterocycles. The number of rotatable bonds is 9. The van der Waals surface area contributed by atoms with Gasteiger partial charge in [-0.3, -0.25) is 0 Å². The fourth-order valence-electron chi connectivity index (χ4n) is 1.96. The number of carbonyl (C=O) groups excluding carboxylic acids is 3. The van der Waals surface area contributed by atoms with E-state index < -0.39 is 41.0 Å². The van der Waals surface area contributed by atoms with E-state index in [-0.39, 0.29) is 0 Å². The SMILES string of the molecule is C=CC(=O)OC(C)C(OC(=O)C=C)(OC(=O)C=C)C(C)(C)C(C)(O)O. The third-order valence-corrected chi connectivity index (χ3v) is 3.89. The summed E-state index contributed by atoms with van der Waals surface area (Å²) in [5.74, 6) is -7.94. The van der Waals surface area contributed by atoms with Crippen molar-refractivity contribution < 1.29 is 38.8 Å². The standard InChI is InChI=1S/C17H24O8/c1-8-12(18)23-11(4)17(24-13(19)9-2,25-14(20)10-3)15(5,6)16(7,21)22/h8-11,21-22H,1-3H2,4-7H3. The molecular formula is C17H24O8. The van der Waals surface area contributed by atoms with Crippen LogP contribution in [0.3, 0.4) is 0 Å². The van der Waals surface area contributed by atoms with E-state index in [1.807, 2.05) is 0 Å². The van der Waals surface area contributed by atoms with E-state index >= 15 is 0 Å². The summed E-state index contributed by atoms with van der Waals surface area (Å²) >= 11 is 0. The van der Waals surface area contributed by atoms with Gasteiger partial charge in [-0.25, -0.2) is 14.4 Å². The van der Waals surface area contributed by atoms with Gasteiger partial charge in [-0.15, -0.1) is 0 Å². The van der Waals surface area contributed by atoms with Gasteiger partial charge in [0, 0.05) is 18.2 Å². The summed E-state index contributed by atoms with van der Waals surface area (Å²) in [5, 5.41) is 20.3. The fourth-order valence-corrected chi connectivity index (χ4v) is 1.96. The molecule has 0 saturated carbocycles. The minimum absolute atomic E-state index is 0.778. The first-order valence-electron chi connectivity index (χ1n) is 7.27. The monoisotopic (exact) mass is 356 g/mol. The molecule has 8 nitrogen and oxygen atoms in total. The van der Waals surface area contributed by atoms with Crippen molar-refractivity contribution in [3.05, 3.63) is 38.0 Å². The number of esters is 3. The Kier molecular flexibility index (Phi) is 7.29. The van der Waals surface area contributed by atoms with Gasteiger partial charge in [0.1, 0.15) is 0 Å². The number of carbonyl (C=O) groups is 3. The van der Waals surface area contributed by atoms with Gasteiger partial charge < -0.3 is 24.4 Å². The van der Waals surface area contributed by atoms with Crippen molar-refractivity contribution in [3.8, 4) is 0 Å². The lowest BCUT2D eigenvalue weighted by Crippen LogP contribution is -2.66. The zero-order chi connectivity index (χ0) is 20.1. The zero-order valence-electron chi connectivity index (χ0n) is 14.8. The van der Waals surface area contributed by atoms with Gasteiger partial charge in [0.05, 0.1) is 5.41 Å². The second kappa shape index (κ2) is 8.09. The molecular weight excluding hydrogens is 332 g/mol. The number of hydrogen-bond acceptors (Lipinski definition) is 8. The van der Waals surface area contributed by atoms with Crippen LogP contribution in [0.15, 0.2) is 38.0 Å². The molecule has 1 unspecified atom stereocenters. The van der Waals surface area contributed by atoms with Crippen molar-refractivity contribution in [2.75, 3.05) is 0 Å². The molecule has 0 saturated heterocycles. The van der Waals surface area contributed by atoms with Crippen molar-refractivity contribution in [1.29, 1.82) is 0 Å². The van der Waals surface area contributed by atoms with E-state index in [0.29, 0.717) is 0 Å². The quantitative estimate of drug-likeness (QED) is 0.356.